The summed E-state index contributed by atoms with van der Waals surface area (Å²) in [6.07, 6.45) is 2.06. The number of halogens is 2. The number of hydrogen-bond acceptors (Lipinski definition) is 1. The summed E-state index contributed by atoms with van der Waals surface area (Å²) in [5, 5.41) is 2.38. The van der Waals surface area contributed by atoms with Gasteiger partial charge in [0.05, 0.1) is 16.2 Å². The van der Waals surface area contributed by atoms with Crippen molar-refractivity contribution in [2.45, 2.75) is 4.90 Å². The van der Waals surface area contributed by atoms with Crippen molar-refractivity contribution >= 4 is 45.9 Å². The molecule has 3 rings (SSSR count). The number of hydrogen-bond donors (Lipinski definition) is 1. The van der Waals surface area contributed by atoms with Gasteiger partial charge in [0.15, 0.2) is 0 Å². The Bertz CT molecular complexity index is 735. The largest absolute Gasteiger partial charge is 0.352 e. The van der Waals surface area contributed by atoms with E-state index in [0.717, 1.165) is 22.2 Å². The fourth-order valence-corrected chi connectivity index (χ4v) is 3.51. The third-order valence-corrected chi connectivity index (χ3v) is 4.39. The van der Waals surface area contributed by atoms with Crippen LogP contribution in [0.2, 0.25) is 10.0 Å². The molecule has 3 aromatic rings. The molecule has 1 aromatic heterocycles. The lowest BCUT2D eigenvalue weighted by molar-refractivity contribution is 1.40. The third kappa shape index (κ3) is 2.25. The second-order valence-corrected chi connectivity index (χ2v) is 5.87. The Hall–Kier alpha value is -1.09. The van der Waals surface area contributed by atoms with E-state index in [1.165, 1.54) is 4.90 Å². The Kier molecular flexibility index (Phi) is 3.48. The van der Waals surface area contributed by atoms with Gasteiger partial charge in [0, 0.05) is 15.3 Å². The Morgan fingerprint density at radius 2 is 1.79 bits per heavy atom. The Labute approximate surface area is 125 Å². The van der Waals surface area contributed by atoms with Crippen LogP contribution in [0, 0.1) is 0 Å². The summed E-state index contributed by atoms with van der Waals surface area (Å²) >= 11 is 14.1. The lowest BCUT2D eigenvalue weighted by Crippen LogP contribution is -1.78. The molecule has 0 amide bonds. The normalized spacial score (nSPS) is 11.1. The number of H-pyrrole nitrogens is 1. The van der Waals surface area contributed by atoms with Gasteiger partial charge < -0.3 is 4.98 Å². The van der Waals surface area contributed by atoms with Gasteiger partial charge in [-0.3, -0.25) is 0 Å². The van der Waals surface area contributed by atoms with Crippen molar-refractivity contribution in [3.05, 3.63) is 52.5 Å². The summed E-state index contributed by atoms with van der Waals surface area (Å²) in [5.41, 5.74) is 3.18. The van der Waals surface area contributed by atoms with Gasteiger partial charge in [-0.1, -0.05) is 53.5 Å². The molecule has 1 N–H and O–H groups in total. The van der Waals surface area contributed by atoms with E-state index in [-0.39, 0.29) is 0 Å². The van der Waals surface area contributed by atoms with Gasteiger partial charge >= 0.3 is 0 Å². The van der Waals surface area contributed by atoms with Crippen molar-refractivity contribution in [3.63, 3.8) is 0 Å². The van der Waals surface area contributed by atoms with Crippen molar-refractivity contribution in [1.82, 2.24) is 4.98 Å². The van der Waals surface area contributed by atoms with Crippen LogP contribution in [-0.4, -0.2) is 11.2 Å². The summed E-state index contributed by atoms with van der Waals surface area (Å²) in [6, 6.07) is 14.0. The molecule has 0 atom stereocenters. The van der Waals surface area contributed by atoms with Gasteiger partial charge in [0.1, 0.15) is 0 Å². The second kappa shape index (κ2) is 5.12. The van der Waals surface area contributed by atoms with Crippen molar-refractivity contribution in [2.24, 2.45) is 0 Å². The van der Waals surface area contributed by atoms with E-state index in [1.54, 1.807) is 17.8 Å². The highest BCUT2D eigenvalue weighted by Crippen LogP contribution is 2.40. The van der Waals surface area contributed by atoms with E-state index in [1.807, 2.05) is 24.3 Å². The molecule has 0 saturated carbocycles. The van der Waals surface area contributed by atoms with Crippen LogP contribution >= 0.6 is 35.0 Å². The average molecular weight is 308 g/mol. The van der Waals surface area contributed by atoms with Gasteiger partial charge in [-0.2, -0.15) is 0 Å². The van der Waals surface area contributed by atoms with Crippen LogP contribution in [0.3, 0.4) is 0 Å². The maximum Gasteiger partial charge on any atom is 0.0662 e. The van der Waals surface area contributed by atoms with E-state index in [9.17, 15) is 0 Å². The maximum absolute atomic E-state index is 6.27. The molecule has 1 heterocycles. The number of fused-ring (bicyclic) bond motifs is 1. The molecule has 0 aliphatic heterocycles. The number of rotatable bonds is 2. The van der Waals surface area contributed by atoms with Crippen LogP contribution in [-0.2, 0) is 0 Å². The van der Waals surface area contributed by atoms with E-state index in [4.69, 9.17) is 23.2 Å². The first-order chi connectivity index (χ1) is 9.20. The summed E-state index contributed by atoms with van der Waals surface area (Å²) < 4.78 is 0. The van der Waals surface area contributed by atoms with Crippen LogP contribution in [0.1, 0.15) is 0 Å². The predicted molar refractivity (Wildman–Crippen MR) is 85.5 cm³/mol. The first-order valence-electron chi connectivity index (χ1n) is 5.81. The molecule has 0 spiro atoms. The minimum Gasteiger partial charge on any atom is -0.352 e. The summed E-state index contributed by atoms with van der Waals surface area (Å²) in [7, 11) is 0. The fraction of sp³-hybridized carbons (Fsp3) is 0.0667. The SMILES string of the molecule is CSc1c(-c2ccccc2)[nH]c2c(Cl)cc(Cl)cc12. The zero-order valence-corrected chi connectivity index (χ0v) is 12.5. The summed E-state index contributed by atoms with van der Waals surface area (Å²) in [6.45, 7) is 0. The molecule has 96 valence electrons. The molecule has 0 aliphatic rings. The van der Waals surface area contributed by atoms with Crippen molar-refractivity contribution in [3.8, 4) is 11.3 Å². The molecule has 1 nitrogen and oxygen atoms in total. The van der Waals surface area contributed by atoms with Crippen LogP contribution < -0.4 is 0 Å². The molecule has 0 saturated heterocycles. The number of aromatic nitrogens is 1. The molecule has 0 radical (unpaired) electrons. The summed E-state index contributed by atoms with van der Waals surface area (Å²) in [5.74, 6) is 0. The molecular weight excluding hydrogens is 297 g/mol. The van der Waals surface area contributed by atoms with Gasteiger partial charge in [-0.25, -0.2) is 0 Å². The first kappa shape index (κ1) is 12.9. The van der Waals surface area contributed by atoms with E-state index < -0.39 is 0 Å². The molecule has 0 unspecified atom stereocenters. The van der Waals surface area contributed by atoms with Gasteiger partial charge in [0.2, 0.25) is 0 Å². The molecule has 0 aliphatic carbocycles. The molecule has 2 aromatic carbocycles. The van der Waals surface area contributed by atoms with Crippen LogP contribution in [0.5, 0.6) is 0 Å². The van der Waals surface area contributed by atoms with Gasteiger partial charge in [0.25, 0.3) is 0 Å². The second-order valence-electron chi connectivity index (χ2n) is 4.21. The fourth-order valence-electron chi connectivity index (χ4n) is 2.22. The number of aromatic amines is 1. The quantitative estimate of drug-likeness (QED) is 0.586. The highest BCUT2D eigenvalue weighted by molar-refractivity contribution is 7.99. The minimum atomic E-state index is 0.653. The lowest BCUT2D eigenvalue weighted by Gasteiger charge is -2.01. The smallest absolute Gasteiger partial charge is 0.0662 e. The average Bonchev–Trinajstić information content (AvgIpc) is 2.78. The van der Waals surface area contributed by atoms with E-state index >= 15 is 0 Å². The Balaban J connectivity index is 2.35. The Morgan fingerprint density at radius 1 is 1.05 bits per heavy atom. The zero-order valence-electron chi connectivity index (χ0n) is 10.2. The predicted octanol–water partition coefficient (Wildman–Crippen LogP) is 5.86. The maximum atomic E-state index is 6.27. The molecule has 19 heavy (non-hydrogen) atoms. The van der Waals surface area contributed by atoms with Crippen molar-refractivity contribution in [1.29, 1.82) is 0 Å². The first-order valence-corrected chi connectivity index (χ1v) is 7.79. The molecule has 0 bridgehead atoms. The van der Waals surface area contributed by atoms with Crippen molar-refractivity contribution < 1.29 is 0 Å². The van der Waals surface area contributed by atoms with Crippen LogP contribution in [0.15, 0.2) is 47.4 Å². The third-order valence-electron chi connectivity index (χ3n) is 3.04. The highest BCUT2D eigenvalue weighted by atomic mass is 35.5. The highest BCUT2D eigenvalue weighted by Gasteiger charge is 2.14. The molecule has 4 heteroatoms. The van der Waals surface area contributed by atoms with Crippen molar-refractivity contribution in [2.75, 3.05) is 6.26 Å². The van der Waals surface area contributed by atoms with E-state index in [0.29, 0.717) is 10.0 Å². The number of thioether (sulfide) groups is 1. The topological polar surface area (TPSA) is 15.8 Å². The van der Waals surface area contributed by atoms with Gasteiger partial charge in [-0.05, 0) is 24.0 Å². The summed E-state index contributed by atoms with van der Waals surface area (Å²) in [4.78, 5) is 4.59. The lowest BCUT2D eigenvalue weighted by atomic mass is 10.1. The monoisotopic (exact) mass is 307 g/mol. The molecule has 0 fully saturated rings. The molecular formula is C15H11Cl2NS. The number of nitrogens with one attached hydrogen (secondary N) is 1. The van der Waals surface area contributed by atoms with Crippen LogP contribution in [0.4, 0.5) is 0 Å². The van der Waals surface area contributed by atoms with E-state index in [2.05, 4.69) is 23.4 Å². The number of benzene rings is 2. The van der Waals surface area contributed by atoms with Gasteiger partial charge in [-0.15, -0.1) is 11.8 Å². The zero-order chi connectivity index (χ0) is 13.4. The van der Waals surface area contributed by atoms with Crippen LogP contribution in [0.25, 0.3) is 22.2 Å². The minimum absolute atomic E-state index is 0.653. The standard InChI is InChI=1S/C15H11Cl2NS/c1-19-15-11-7-10(16)8-12(17)14(11)18-13(15)9-5-3-2-4-6-9/h2-8,18H,1H3. The Morgan fingerprint density at radius 3 is 2.47 bits per heavy atom.